The maximum Gasteiger partial charge on any atom is 0.272 e. The lowest BCUT2D eigenvalue weighted by Crippen LogP contribution is -2.17. The number of nitrogens with zero attached hydrogens (tertiary/aromatic N) is 2. The minimum Gasteiger partial charge on any atom is -0.497 e. The van der Waals surface area contributed by atoms with E-state index in [4.69, 9.17) is 9.47 Å². The summed E-state index contributed by atoms with van der Waals surface area (Å²) in [6.45, 7) is 1.86. The first-order valence-corrected chi connectivity index (χ1v) is 6.62. The van der Waals surface area contributed by atoms with Gasteiger partial charge in [-0.1, -0.05) is 0 Å². The van der Waals surface area contributed by atoms with E-state index < -0.39 is 0 Å². The second-order valence-corrected chi connectivity index (χ2v) is 4.50. The molecular formula is C16H17N3O3. The lowest BCUT2D eigenvalue weighted by Gasteiger charge is -2.06. The zero-order valence-electron chi connectivity index (χ0n) is 12.7. The van der Waals surface area contributed by atoms with E-state index in [-0.39, 0.29) is 5.91 Å². The molecule has 0 bridgehead atoms. The number of methoxy groups -OCH3 is 2. The van der Waals surface area contributed by atoms with Gasteiger partial charge < -0.3 is 9.47 Å². The Kier molecular flexibility index (Phi) is 5.08. The number of aromatic nitrogens is 1. The average Bonchev–Trinajstić information content (AvgIpc) is 2.55. The number of nitrogens with one attached hydrogen (secondary N) is 1. The van der Waals surface area contributed by atoms with E-state index in [9.17, 15) is 4.79 Å². The standard InChI is InChI=1S/C16H17N3O3/c1-11-4-5-12(9-17-11)16(20)19-18-10-13-8-14(21-2)6-7-15(13)22-3/h4-10H,1-3H3,(H,19,20)/b18-10-. The Morgan fingerprint density at radius 3 is 2.68 bits per heavy atom. The van der Waals surface area contributed by atoms with Crippen molar-refractivity contribution in [1.82, 2.24) is 10.4 Å². The van der Waals surface area contributed by atoms with Crippen LogP contribution in [0.5, 0.6) is 11.5 Å². The number of ether oxygens (including phenoxy) is 2. The molecule has 1 heterocycles. The quantitative estimate of drug-likeness (QED) is 0.678. The monoisotopic (exact) mass is 299 g/mol. The Balaban J connectivity index is 2.08. The summed E-state index contributed by atoms with van der Waals surface area (Å²) in [4.78, 5) is 16.0. The Bertz CT molecular complexity index is 682. The highest BCUT2D eigenvalue weighted by atomic mass is 16.5. The van der Waals surface area contributed by atoms with Gasteiger partial charge in [0.15, 0.2) is 0 Å². The molecule has 2 rings (SSSR count). The van der Waals surface area contributed by atoms with Gasteiger partial charge in [-0.05, 0) is 37.3 Å². The third-order valence-corrected chi connectivity index (χ3v) is 2.98. The van der Waals surface area contributed by atoms with E-state index in [0.717, 1.165) is 5.69 Å². The predicted molar refractivity (Wildman–Crippen MR) is 83.6 cm³/mol. The molecule has 0 saturated heterocycles. The molecule has 6 nitrogen and oxygen atoms in total. The number of pyridine rings is 1. The topological polar surface area (TPSA) is 72.8 Å². The SMILES string of the molecule is COc1ccc(OC)c(/C=N\NC(=O)c2ccc(C)nc2)c1. The molecular weight excluding hydrogens is 282 g/mol. The second kappa shape index (κ2) is 7.21. The largest absolute Gasteiger partial charge is 0.497 e. The molecule has 22 heavy (non-hydrogen) atoms. The number of amides is 1. The van der Waals surface area contributed by atoms with Crippen molar-refractivity contribution >= 4 is 12.1 Å². The molecule has 1 N–H and O–H groups in total. The summed E-state index contributed by atoms with van der Waals surface area (Å²) in [5.41, 5.74) is 4.44. The number of rotatable bonds is 5. The van der Waals surface area contributed by atoms with Crippen LogP contribution in [0.4, 0.5) is 0 Å². The van der Waals surface area contributed by atoms with Gasteiger partial charge in [0.1, 0.15) is 11.5 Å². The smallest absolute Gasteiger partial charge is 0.272 e. The summed E-state index contributed by atoms with van der Waals surface area (Å²) in [5, 5.41) is 3.94. The first kappa shape index (κ1) is 15.5. The van der Waals surface area contributed by atoms with Crippen LogP contribution < -0.4 is 14.9 Å². The van der Waals surface area contributed by atoms with Crippen LogP contribution in [0, 0.1) is 6.92 Å². The summed E-state index contributed by atoms with van der Waals surface area (Å²) < 4.78 is 10.4. The van der Waals surface area contributed by atoms with Crippen LogP contribution in [0.3, 0.4) is 0 Å². The van der Waals surface area contributed by atoms with Crippen LogP contribution in [-0.4, -0.2) is 31.3 Å². The van der Waals surface area contributed by atoms with Gasteiger partial charge >= 0.3 is 0 Å². The van der Waals surface area contributed by atoms with Gasteiger partial charge in [-0.2, -0.15) is 5.10 Å². The van der Waals surface area contributed by atoms with Crippen LogP contribution in [0.1, 0.15) is 21.6 Å². The fraction of sp³-hybridized carbons (Fsp3) is 0.188. The van der Waals surface area contributed by atoms with E-state index in [1.54, 1.807) is 44.6 Å². The first-order valence-electron chi connectivity index (χ1n) is 6.62. The molecule has 1 aromatic carbocycles. The van der Waals surface area contributed by atoms with Crippen molar-refractivity contribution in [2.24, 2.45) is 5.10 Å². The lowest BCUT2D eigenvalue weighted by atomic mass is 10.2. The van der Waals surface area contributed by atoms with Crippen molar-refractivity contribution < 1.29 is 14.3 Å². The van der Waals surface area contributed by atoms with Gasteiger partial charge in [0.25, 0.3) is 5.91 Å². The average molecular weight is 299 g/mol. The molecule has 2 aromatic rings. The summed E-state index contributed by atoms with van der Waals surface area (Å²) >= 11 is 0. The fourth-order valence-electron chi connectivity index (χ4n) is 1.77. The number of hydrazone groups is 1. The molecule has 0 aliphatic carbocycles. The van der Waals surface area contributed by atoms with Gasteiger partial charge in [0, 0.05) is 17.5 Å². The molecule has 0 saturated carbocycles. The van der Waals surface area contributed by atoms with Crippen LogP contribution in [0.25, 0.3) is 0 Å². The maximum absolute atomic E-state index is 11.9. The van der Waals surface area contributed by atoms with Gasteiger partial charge in [-0.25, -0.2) is 5.43 Å². The molecule has 0 unspecified atom stereocenters. The third-order valence-electron chi connectivity index (χ3n) is 2.98. The first-order chi connectivity index (χ1) is 10.6. The molecule has 114 valence electrons. The van der Waals surface area contributed by atoms with Crippen molar-refractivity contribution in [2.75, 3.05) is 14.2 Å². The highest BCUT2D eigenvalue weighted by molar-refractivity contribution is 5.94. The molecule has 0 radical (unpaired) electrons. The van der Waals surface area contributed by atoms with Crippen molar-refractivity contribution in [1.29, 1.82) is 0 Å². The van der Waals surface area contributed by atoms with Crippen molar-refractivity contribution in [2.45, 2.75) is 6.92 Å². The number of benzene rings is 1. The molecule has 0 fully saturated rings. The van der Waals surface area contributed by atoms with Gasteiger partial charge in [0.05, 0.1) is 26.0 Å². The van der Waals surface area contributed by atoms with Gasteiger partial charge in [-0.15, -0.1) is 0 Å². The number of carbonyl (C=O) groups is 1. The minimum atomic E-state index is -0.328. The minimum absolute atomic E-state index is 0.328. The Morgan fingerprint density at radius 1 is 1.23 bits per heavy atom. The van der Waals surface area contributed by atoms with Crippen LogP contribution in [0.15, 0.2) is 41.6 Å². The van der Waals surface area contributed by atoms with E-state index in [1.165, 1.54) is 12.4 Å². The number of aryl methyl sites for hydroxylation is 1. The number of hydrogen-bond acceptors (Lipinski definition) is 5. The Morgan fingerprint density at radius 2 is 2.05 bits per heavy atom. The van der Waals surface area contributed by atoms with Crippen molar-refractivity contribution in [3.05, 3.63) is 53.3 Å². The Labute approximate surface area is 128 Å². The van der Waals surface area contributed by atoms with E-state index >= 15 is 0 Å². The summed E-state index contributed by atoms with van der Waals surface area (Å²) in [6.07, 6.45) is 3.01. The molecule has 1 aromatic heterocycles. The van der Waals surface area contributed by atoms with E-state index in [1.807, 2.05) is 6.92 Å². The maximum atomic E-state index is 11.9. The van der Waals surface area contributed by atoms with Gasteiger partial charge in [0.2, 0.25) is 0 Å². The third kappa shape index (κ3) is 3.82. The molecule has 1 amide bonds. The zero-order valence-corrected chi connectivity index (χ0v) is 12.7. The normalized spacial score (nSPS) is 10.5. The zero-order chi connectivity index (χ0) is 15.9. The molecule has 0 spiro atoms. The van der Waals surface area contributed by atoms with Gasteiger partial charge in [-0.3, -0.25) is 9.78 Å². The predicted octanol–water partition coefficient (Wildman–Crippen LogP) is 2.17. The molecule has 6 heteroatoms. The number of carbonyl (C=O) groups excluding carboxylic acids is 1. The van der Waals surface area contributed by atoms with Crippen LogP contribution in [0.2, 0.25) is 0 Å². The lowest BCUT2D eigenvalue weighted by molar-refractivity contribution is 0.0954. The van der Waals surface area contributed by atoms with Crippen molar-refractivity contribution in [3.8, 4) is 11.5 Å². The van der Waals surface area contributed by atoms with E-state index in [2.05, 4.69) is 15.5 Å². The van der Waals surface area contributed by atoms with Crippen molar-refractivity contribution in [3.63, 3.8) is 0 Å². The van der Waals surface area contributed by atoms with Crippen LogP contribution in [-0.2, 0) is 0 Å². The molecule has 0 aliphatic heterocycles. The van der Waals surface area contributed by atoms with Crippen LogP contribution >= 0.6 is 0 Å². The summed E-state index contributed by atoms with van der Waals surface area (Å²) in [6, 6.07) is 8.78. The fourth-order valence-corrected chi connectivity index (χ4v) is 1.77. The molecule has 0 aliphatic rings. The molecule has 0 atom stereocenters. The highest BCUT2D eigenvalue weighted by Crippen LogP contribution is 2.22. The van der Waals surface area contributed by atoms with E-state index in [0.29, 0.717) is 22.6 Å². The summed E-state index contributed by atoms with van der Waals surface area (Å²) in [5.74, 6) is 0.984. The second-order valence-electron chi connectivity index (χ2n) is 4.50. The summed E-state index contributed by atoms with van der Waals surface area (Å²) in [7, 11) is 3.14. The Hall–Kier alpha value is -2.89. The highest BCUT2D eigenvalue weighted by Gasteiger charge is 2.05. The number of hydrogen-bond donors (Lipinski definition) is 1.